The zero-order valence-corrected chi connectivity index (χ0v) is 9.83. The quantitative estimate of drug-likeness (QED) is 0.720. The SMILES string of the molecule is Clc1cc(Cl)c(N2CCCC2)c(Cl)c1. The summed E-state index contributed by atoms with van der Waals surface area (Å²) in [6.45, 7) is 2.06. The van der Waals surface area contributed by atoms with Gasteiger partial charge in [0.15, 0.2) is 0 Å². The molecule has 0 aromatic heterocycles. The van der Waals surface area contributed by atoms with Gasteiger partial charge in [0.2, 0.25) is 0 Å². The van der Waals surface area contributed by atoms with Gasteiger partial charge in [0, 0.05) is 18.1 Å². The van der Waals surface area contributed by atoms with Gasteiger partial charge in [0.25, 0.3) is 0 Å². The van der Waals surface area contributed by atoms with Crippen molar-refractivity contribution in [2.75, 3.05) is 18.0 Å². The summed E-state index contributed by atoms with van der Waals surface area (Å²) in [5.41, 5.74) is 0.926. The summed E-state index contributed by atoms with van der Waals surface area (Å²) >= 11 is 18.1. The van der Waals surface area contributed by atoms with Gasteiger partial charge in [-0.05, 0) is 25.0 Å². The van der Waals surface area contributed by atoms with Crippen molar-refractivity contribution in [2.24, 2.45) is 0 Å². The fourth-order valence-corrected chi connectivity index (χ4v) is 2.83. The van der Waals surface area contributed by atoms with Crippen molar-refractivity contribution in [1.82, 2.24) is 0 Å². The summed E-state index contributed by atoms with van der Waals surface area (Å²) in [6.07, 6.45) is 2.41. The van der Waals surface area contributed by atoms with Crippen LogP contribution in [0.2, 0.25) is 15.1 Å². The molecule has 0 unspecified atom stereocenters. The number of hydrogen-bond acceptors (Lipinski definition) is 1. The molecule has 1 fully saturated rings. The predicted octanol–water partition coefficient (Wildman–Crippen LogP) is 4.25. The molecule has 0 N–H and O–H groups in total. The number of halogens is 3. The van der Waals surface area contributed by atoms with E-state index >= 15 is 0 Å². The van der Waals surface area contributed by atoms with E-state index < -0.39 is 0 Å². The standard InChI is InChI=1S/C10H10Cl3N/c11-7-5-8(12)10(9(13)6-7)14-3-1-2-4-14/h5-6H,1-4H2. The van der Waals surface area contributed by atoms with Gasteiger partial charge in [-0.15, -0.1) is 0 Å². The Morgan fingerprint density at radius 1 is 0.929 bits per heavy atom. The molecule has 1 aromatic carbocycles. The van der Waals surface area contributed by atoms with Crippen LogP contribution in [0.3, 0.4) is 0 Å². The van der Waals surface area contributed by atoms with Crippen LogP contribution in [0.1, 0.15) is 12.8 Å². The van der Waals surface area contributed by atoms with Crippen LogP contribution in [-0.4, -0.2) is 13.1 Å². The van der Waals surface area contributed by atoms with Crippen LogP contribution in [0.25, 0.3) is 0 Å². The summed E-state index contributed by atoms with van der Waals surface area (Å²) in [6, 6.07) is 3.48. The highest BCUT2D eigenvalue weighted by Crippen LogP contribution is 2.37. The van der Waals surface area contributed by atoms with Crippen molar-refractivity contribution in [3.05, 3.63) is 27.2 Å². The maximum absolute atomic E-state index is 6.10. The van der Waals surface area contributed by atoms with Crippen molar-refractivity contribution >= 4 is 40.5 Å². The minimum Gasteiger partial charge on any atom is -0.369 e. The Hall–Kier alpha value is -0.110. The van der Waals surface area contributed by atoms with Crippen LogP contribution in [0.5, 0.6) is 0 Å². The molecule has 0 spiro atoms. The molecule has 1 aliphatic rings. The summed E-state index contributed by atoms with van der Waals surface area (Å²) < 4.78 is 0. The lowest BCUT2D eigenvalue weighted by molar-refractivity contribution is 0.949. The van der Waals surface area contributed by atoms with Crippen molar-refractivity contribution in [3.8, 4) is 0 Å². The molecule has 0 amide bonds. The number of hydrogen-bond donors (Lipinski definition) is 0. The zero-order valence-electron chi connectivity index (χ0n) is 7.56. The molecule has 0 radical (unpaired) electrons. The van der Waals surface area contributed by atoms with E-state index in [1.807, 2.05) is 0 Å². The normalized spacial score (nSPS) is 16.4. The lowest BCUT2D eigenvalue weighted by Gasteiger charge is -2.20. The molecular formula is C10H10Cl3N. The van der Waals surface area contributed by atoms with E-state index in [0.29, 0.717) is 15.1 Å². The zero-order chi connectivity index (χ0) is 10.1. The van der Waals surface area contributed by atoms with Crippen molar-refractivity contribution < 1.29 is 0 Å². The molecule has 1 aromatic rings. The average Bonchev–Trinajstić information content (AvgIpc) is 2.54. The van der Waals surface area contributed by atoms with Crippen LogP contribution in [0.4, 0.5) is 5.69 Å². The number of rotatable bonds is 1. The average molecular weight is 251 g/mol. The van der Waals surface area contributed by atoms with Crippen LogP contribution < -0.4 is 4.90 Å². The highest BCUT2D eigenvalue weighted by Gasteiger charge is 2.18. The van der Waals surface area contributed by atoms with Crippen LogP contribution in [0, 0.1) is 0 Å². The molecule has 14 heavy (non-hydrogen) atoms. The van der Waals surface area contributed by atoms with E-state index in [0.717, 1.165) is 18.8 Å². The molecule has 0 saturated carbocycles. The van der Waals surface area contributed by atoms with Gasteiger partial charge in [-0.25, -0.2) is 0 Å². The number of nitrogens with zero attached hydrogens (tertiary/aromatic N) is 1. The Balaban J connectivity index is 2.40. The minimum atomic E-state index is 0.586. The van der Waals surface area contributed by atoms with E-state index in [-0.39, 0.29) is 0 Å². The molecule has 2 rings (SSSR count). The third kappa shape index (κ3) is 1.95. The smallest absolute Gasteiger partial charge is 0.0746 e. The first-order chi connectivity index (χ1) is 6.68. The van der Waals surface area contributed by atoms with Gasteiger partial charge in [0.05, 0.1) is 15.7 Å². The molecule has 0 aliphatic carbocycles. The second-order valence-corrected chi connectivity index (χ2v) is 4.66. The van der Waals surface area contributed by atoms with Gasteiger partial charge in [-0.2, -0.15) is 0 Å². The molecular weight excluding hydrogens is 240 g/mol. The third-order valence-corrected chi connectivity index (χ3v) is 3.20. The maximum Gasteiger partial charge on any atom is 0.0746 e. The Kier molecular flexibility index (Phi) is 3.10. The largest absolute Gasteiger partial charge is 0.369 e. The first kappa shape index (κ1) is 10.4. The first-order valence-electron chi connectivity index (χ1n) is 4.58. The van der Waals surface area contributed by atoms with E-state index in [1.54, 1.807) is 12.1 Å². The molecule has 1 nitrogen and oxygen atoms in total. The predicted molar refractivity (Wildman–Crippen MR) is 62.9 cm³/mol. The first-order valence-corrected chi connectivity index (χ1v) is 5.71. The Morgan fingerprint density at radius 3 is 1.93 bits per heavy atom. The Labute approximate surface area is 98.6 Å². The second kappa shape index (κ2) is 4.18. The molecule has 0 bridgehead atoms. The minimum absolute atomic E-state index is 0.586. The monoisotopic (exact) mass is 249 g/mol. The topological polar surface area (TPSA) is 3.24 Å². The number of benzene rings is 1. The lowest BCUT2D eigenvalue weighted by atomic mass is 10.3. The Bertz CT molecular complexity index is 322. The van der Waals surface area contributed by atoms with Crippen molar-refractivity contribution in [2.45, 2.75) is 12.8 Å². The fourth-order valence-electron chi connectivity index (χ4n) is 1.78. The second-order valence-electron chi connectivity index (χ2n) is 3.41. The Morgan fingerprint density at radius 2 is 1.43 bits per heavy atom. The van der Waals surface area contributed by atoms with Gasteiger partial charge < -0.3 is 4.90 Å². The maximum atomic E-state index is 6.10. The highest BCUT2D eigenvalue weighted by molar-refractivity contribution is 6.41. The lowest BCUT2D eigenvalue weighted by Crippen LogP contribution is -2.18. The van der Waals surface area contributed by atoms with Gasteiger partial charge in [-0.3, -0.25) is 0 Å². The molecule has 4 heteroatoms. The van der Waals surface area contributed by atoms with Crippen molar-refractivity contribution in [3.63, 3.8) is 0 Å². The summed E-state index contributed by atoms with van der Waals surface area (Å²) in [4.78, 5) is 2.21. The molecule has 1 aliphatic heterocycles. The van der Waals surface area contributed by atoms with Crippen molar-refractivity contribution in [1.29, 1.82) is 0 Å². The van der Waals surface area contributed by atoms with Crippen LogP contribution in [0.15, 0.2) is 12.1 Å². The third-order valence-electron chi connectivity index (χ3n) is 2.40. The number of anilines is 1. The fraction of sp³-hybridized carbons (Fsp3) is 0.400. The summed E-state index contributed by atoms with van der Waals surface area (Å²) in [7, 11) is 0. The van der Waals surface area contributed by atoms with E-state index in [9.17, 15) is 0 Å². The molecule has 76 valence electrons. The van der Waals surface area contributed by atoms with E-state index in [4.69, 9.17) is 34.8 Å². The van der Waals surface area contributed by atoms with E-state index in [1.165, 1.54) is 12.8 Å². The molecule has 0 atom stereocenters. The van der Waals surface area contributed by atoms with E-state index in [2.05, 4.69) is 4.90 Å². The van der Waals surface area contributed by atoms with Crippen LogP contribution in [-0.2, 0) is 0 Å². The van der Waals surface area contributed by atoms with Gasteiger partial charge in [0.1, 0.15) is 0 Å². The summed E-state index contributed by atoms with van der Waals surface area (Å²) in [5, 5.41) is 1.87. The molecule has 1 saturated heterocycles. The highest BCUT2D eigenvalue weighted by atomic mass is 35.5. The molecule has 1 heterocycles. The van der Waals surface area contributed by atoms with Gasteiger partial charge in [-0.1, -0.05) is 34.8 Å². The summed E-state index contributed by atoms with van der Waals surface area (Å²) in [5.74, 6) is 0. The van der Waals surface area contributed by atoms with Crippen LogP contribution >= 0.6 is 34.8 Å². The van der Waals surface area contributed by atoms with Gasteiger partial charge >= 0.3 is 0 Å².